The van der Waals surface area contributed by atoms with Gasteiger partial charge in [-0.25, -0.2) is 18.2 Å². The Labute approximate surface area is 173 Å². The summed E-state index contributed by atoms with van der Waals surface area (Å²) in [7, 11) is 0. The number of carbonyl (C=O) groups excluding carboxylic acids is 2. The predicted molar refractivity (Wildman–Crippen MR) is 106 cm³/mol. The van der Waals surface area contributed by atoms with Gasteiger partial charge in [-0.1, -0.05) is 11.3 Å². The number of pyridine rings is 1. The lowest BCUT2D eigenvalue weighted by Gasteiger charge is -2.26. The number of benzene rings is 1. The summed E-state index contributed by atoms with van der Waals surface area (Å²) >= 11 is 0.860. The monoisotopic (exact) mass is 435 g/mol. The van der Waals surface area contributed by atoms with Gasteiger partial charge >= 0.3 is 0 Å². The highest BCUT2D eigenvalue weighted by Crippen LogP contribution is 2.36. The lowest BCUT2D eigenvalue weighted by molar-refractivity contribution is -0.118. The molecule has 30 heavy (non-hydrogen) atoms. The van der Waals surface area contributed by atoms with Gasteiger partial charge in [0.15, 0.2) is 5.13 Å². The molecule has 0 bridgehead atoms. The molecule has 0 saturated heterocycles. The number of hydrogen-bond acceptors (Lipinski definition) is 7. The fourth-order valence-corrected chi connectivity index (χ4v) is 3.70. The number of nitrogen functional groups attached to an aromatic ring is 1. The Morgan fingerprint density at radius 1 is 1.17 bits per heavy atom. The van der Waals surface area contributed by atoms with E-state index in [1.165, 1.54) is 42.2 Å². The Kier molecular flexibility index (Phi) is 6.01. The van der Waals surface area contributed by atoms with Crippen molar-refractivity contribution in [3.8, 4) is 0 Å². The first-order valence-electron chi connectivity index (χ1n) is 8.58. The zero-order chi connectivity index (χ0) is 22.0. The van der Waals surface area contributed by atoms with Crippen molar-refractivity contribution in [2.75, 3.05) is 10.6 Å². The number of primary amides is 1. The normalized spacial score (nSPS) is 12.0. The van der Waals surface area contributed by atoms with Gasteiger partial charge in [0.1, 0.15) is 28.2 Å². The zero-order valence-corrected chi connectivity index (χ0v) is 16.4. The van der Waals surface area contributed by atoms with E-state index in [2.05, 4.69) is 9.97 Å². The maximum absolute atomic E-state index is 13.3. The van der Waals surface area contributed by atoms with Crippen LogP contribution in [0, 0.1) is 5.82 Å². The Morgan fingerprint density at radius 3 is 2.43 bits per heavy atom. The molecule has 156 valence electrons. The van der Waals surface area contributed by atoms with Gasteiger partial charge in [0.25, 0.3) is 6.43 Å². The molecule has 4 N–H and O–H groups in total. The van der Waals surface area contributed by atoms with Crippen LogP contribution in [0.4, 0.5) is 29.8 Å². The number of nitrogens with zero attached hydrogens (tertiary/aromatic N) is 3. The Morgan fingerprint density at radius 2 is 1.83 bits per heavy atom. The number of thiazole rings is 1. The van der Waals surface area contributed by atoms with E-state index in [1.807, 2.05) is 0 Å². The topological polar surface area (TPSA) is 115 Å². The highest BCUT2D eigenvalue weighted by molar-refractivity contribution is 7.18. The van der Waals surface area contributed by atoms with Gasteiger partial charge in [0, 0.05) is 17.4 Å². The Bertz CT molecular complexity index is 1090. The molecule has 0 unspecified atom stereocenters. The second-order valence-corrected chi connectivity index (χ2v) is 7.21. The first-order valence-corrected chi connectivity index (χ1v) is 9.40. The highest BCUT2D eigenvalue weighted by Gasteiger charge is 2.27. The number of alkyl halides is 2. The minimum Gasteiger partial charge on any atom is -0.382 e. The number of rotatable bonds is 7. The molecular formula is C19H16F3N5O2S. The molecule has 7 nitrogen and oxygen atoms in total. The third kappa shape index (κ3) is 4.25. The molecule has 0 aliphatic carbocycles. The van der Waals surface area contributed by atoms with Gasteiger partial charge in [-0.3, -0.25) is 14.6 Å². The summed E-state index contributed by atoms with van der Waals surface area (Å²) in [4.78, 5) is 33.7. The Hall–Kier alpha value is -3.47. The molecule has 2 aromatic heterocycles. The van der Waals surface area contributed by atoms with E-state index in [9.17, 15) is 22.8 Å². The first-order chi connectivity index (χ1) is 14.2. The molecule has 0 aliphatic rings. The summed E-state index contributed by atoms with van der Waals surface area (Å²) in [5.74, 6) is -1.92. The number of ketones is 1. The van der Waals surface area contributed by atoms with Crippen LogP contribution in [0.15, 0.2) is 42.6 Å². The van der Waals surface area contributed by atoms with E-state index >= 15 is 0 Å². The van der Waals surface area contributed by atoms with Gasteiger partial charge in [-0.05, 0) is 43.3 Å². The summed E-state index contributed by atoms with van der Waals surface area (Å²) in [6, 6.07) is 6.61. The van der Waals surface area contributed by atoms with Gasteiger partial charge in [-0.15, -0.1) is 0 Å². The molecule has 1 amide bonds. The molecule has 2 heterocycles. The first kappa shape index (κ1) is 21.2. The molecule has 0 spiro atoms. The van der Waals surface area contributed by atoms with Gasteiger partial charge in [0.05, 0.1) is 0 Å². The average molecular weight is 435 g/mol. The van der Waals surface area contributed by atoms with E-state index in [1.54, 1.807) is 0 Å². The molecule has 11 heteroatoms. The molecule has 3 rings (SSSR count). The number of amides is 1. The maximum atomic E-state index is 13.3. The number of hydrogen-bond donors (Lipinski definition) is 2. The second-order valence-electron chi connectivity index (χ2n) is 6.23. The van der Waals surface area contributed by atoms with Crippen molar-refractivity contribution in [2.45, 2.75) is 19.4 Å². The Balaban J connectivity index is 2.03. The van der Waals surface area contributed by atoms with Crippen molar-refractivity contribution < 1.29 is 22.8 Å². The van der Waals surface area contributed by atoms with Crippen LogP contribution in [0.3, 0.4) is 0 Å². The van der Waals surface area contributed by atoms with Crippen LogP contribution < -0.4 is 16.4 Å². The summed E-state index contributed by atoms with van der Waals surface area (Å²) in [6.45, 7) is 1.52. The number of carbonyl (C=O) groups is 2. The number of anilines is 3. The van der Waals surface area contributed by atoms with E-state index in [4.69, 9.17) is 11.5 Å². The second kappa shape index (κ2) is 8.49. The molecule has 0 radical (unpaired) electrons. The van der Waals surface area contributed by atoms with Crippen LogP contribution in [0.5, 0.6) is 0 Å². The highest BCUT2D eigenvalue weighted by atomic mass is 32.1. The minimum absolute atomic E-state index is 0.000184. The molecule has 0 fully saturated rings. The van der Waals surface area contributed by atoms with Crippen molar-refractivity contribution in [1.82, 2.24) is 9.97 Å². The molecule has 0 aliphatic heterocycles. The summed E-state index contributed by atoms with van der Waals surface area (Å²) in [5, 5.41) is 0.164. The van der Waals surface area contributed by atoms with Gasteiger partial charge < -0.3 is 16.4 Å². The predicted octanol–water partition coefficient (Wildman–Crippen LogP) is 3.44. The van der Waals surface area contributed by atoms with E-state index in [0.717, 1.165) is 23.6 Å². The molecule has 1 atom stereocenters. The molecule has 1 aromatic carbocycles. The average Bonchev–Trinajstić information content (AvgIpc) is 3.10. The van der Waals surface area contributed by atoms with Crippen LogP contribution in [0.2, 0.25) is 0 Å². The van der Waals surface area contributed by atoms with Crippen LogP contribution in [0.1, 0.15) is 34.3 Å². The summed E-state index contributed by atoms with van der Waals surface area (Å²) in [5.41, 5.74) is 11.2. The van der Waals surface area contributed by atoms with Crippen molar-refractivity contribution in [2.24, 2.45) is 5.73 Å². The number of nitrogens with two attached hydrogens (primary N) is 2. The number of halogens is 3. The third-order valence-electron chi connectivity index (χ3n) is 4.23. The van der Waals surface area contributed by atoms with Gasteiger partial charge in [0.2, 0.25) is 11.7 Å². The molecule has 3 aromatic rings. The van der Waals surface area contributed by atoms with Crippen LogP contribution in [-0.4, -0.2) is 27.7 Å². The fraction of sp³-hybridized carbons (Fsp3) is 0.158. The van der Waals surface area contributed by atoms with Gasteiger partial charge in [-0.2, -0.15) is 0 Å². The largest absolute Gasteiger partial charge is 0.382 e. The minimum atomic E-state index is -2.84. The lowest BCUT2D eigenvalue weighted by atomic mass is 10.1. The van der Waals surface area contributed by atoms with E-state index < -0.39 is 35.7 Å². The summed E-state index contributed by atoms with van der Waals surface area (Å²) in [6.07, 6.45) is -1.73. The van der Waals surface area contributed by atoms with E-state index in [-0.39, 0.29) is 21.4 Å². The lowest BCUT2D eigenvalue weighted by Crippen LogP contribution is -2.39. The van der Waals surface area contributed by atoms with Crippen molar-refractivity contribution >= 4 is 39.7 Å². The number of aromatic nitrogens is 2. The van der Waals surface area contributed by atoms with Crippen LogP contribution in [0.25, 0.3) is 0 Å². The third-order valence-corrected chi connectivity index (χ3v) is 5.29. The SMILES string of the molecule is C[C@H](C(N)=O)N(c1ccc(F)cc1)c1nc(N)c(C(=O)c2ccnc(C(F)F)c2)s1. The smallest absolute Gasteiger partial charge is 0.280 e. The quantitative estimate of drug-likeness (QED) is 0.550. The molecular weight excluding hydrogens is 419 g/mol. The van der Waals surface area contributed by atoms with Crippen LogP contribution >= 0.6 is 11.3 Å². The zero-order valence-electron chi connectivity index (χ0n) is 15.6. The van der Waals surface area contributed by atoms with Crippen molar-refractivity contribution in [1.29, 1.82) is 0 Å². The summed E-state index contributed by atoms with van der Waals surface area (Å²) < 4.78 is 39.1. The fourth-order valence-electron chi connectivity index (χ4n) is 2.65. The van der Waals surface area contributed by atoms with E-state index in [0.29, 0.717) is 5.69 Å². The maximum Gasteiger partial charge on any atom is 0.280 e. The van der Waals surface area contributed by atoms with Crippen LogP contribution in [-0.2, 0) is 4.79 Å². The van der Waals surface area contributed by atoms with Crippen molar-refractivity contribution in [3.63, 3.8) is 0 Å². The standard InChI is InChI=1S/C19H16F3N5O2S/c1-9(18(24)29)27(12-4-2-11(20)3-5-12)19-26-17(23)15(30-19)14(28)10-6-7-25-13(8-10)16(21)22/h2-9,16H,23H2,1H3,(H2,24,29)/t9-/m1/s1. The molecule has 0 saturated carbocycles. The van der Waals surface area contributed by atoms with Crippen molar-refractivity contribution in [3.05, 3.63) is 64.5 Å².